The molecule has 4 rings (SSSR count). The van der Waals surface area contributed by atoms with Crippen molar-refractivity contribution < 1.29 is 8.95 Å². The van der Waals surface area contributed by atoms with E-state index in [0.29, 0.717) is 10.8 Å². The fraction of sp³-hybridized carbons (Fsp3) is 0.556. The van der Waals surface area contributed by atoms with Gasteiger partial charge in [0.2, 0.25) is 0 Å². The molecule has 1 aromatic heterocycles. The summed E-state index contributed by atoms with van der Waals surface area (Å²) in [6.45, 7) is 3.27. The van der Waals surface area contributed by atoms with Gasteiger partial charge in [0.25, 0.3) is 0 Å². The predicted octanol–water partition coefficient (Wildman–Crippen LogP) is 3.18. The van der Waals surface area contributed by atoms with E-state index in [1.165, 1.54) is 6.26 Å². The highest BCUT2D eigenvalue weighted by Crippen LogP contribution is 2.43. The Morgan fingerprint density at radius 2 is 1.93 bits per heavy atom. The number of piperidine rings is 1. The summed E-state index contributed by atoms with van der Waals surface area (Å²) < 4.78 is 27.1. The van der Waals surface area contributed by atoms with Crippen LogP contribution in [0, 0.1) is 10.2 Å². The average Bonchev–Trinajstić information content (AvgIpc) is 3.06. The lowest BCUT2D eigenvalue weighted by molar-refractivity contribution is 0.235. The summed E-state index contributed by atoms with van der Waals surface area (Å²) in [6.07, 6.45) is 6.13. The zero-order valence-electron chi connectivity index (χ0n) is 15.6. The summed E-state index contributed by atoms with van der Waals surface area (Å²) in [5.74, 6) is 1.50. The number of aromatic nitrogens is 2. The van der Waals surface area contributed by atoms with Crippen molar-refractivity contribution in [1.29, 1.82) is 4.78 Å². The third kappa shape index (κ3) is 3.46. The van der Waals surface area contributed by atoms with Crippen LogP contribution in [0.1, 0.15) is 19.3 Å². The second-order valence-corrected chi connectivity index (χ2v) is 10.1. The van der Waals surface area contributed by atoms with Crippen LogP contribution >= 0.6 is 11.6 Å². The predicted molar refractivity (Wildman–Crippen MR) is 108 cm³/mol. The Labute approximate surface area is 164 Å². The lowest BCUT2D eigenvalue weighted by Gasteiger charge is -2.40. The van der Waals surface area contributed by atoms with Crippen LogP contribution in [0.2, 0.25) is 5.02 Å². The first-order valence-electron chi connectivity index (χ1n) is 9.03. The van der Waals surface area contributed by atoms with Crippen molar-refractivity contribution in [2.24, 2.45) is 5.41 Å². The van der Waals surface area contributed by atoms with Crippen LogP contribution in [0.3, 0.4) is 0 Å². The van der Waals surface area contributed by atoms with E-state index in [0.717, 1.165) is 62.2 Å². The molecule has 0 saturated carbocycles. The molecule has 9 heteroatoms. The fourth-order valence-electron chi connectivity index (χ4n) is 4.24. The zero-order valence-corrected chi connectivity index (χ0v) is 17.1. The molecule has 1 aromatic carbocycles. The summed E-state index contributed by atoms with van der Waals surface area (Å²) in [5.41, 5.74) is 0.980. The van der Waals surface area contributed by atoms with Crippen LogP contribution < -0.4 is 9.64 Å². The van der Waals surface area contributed by atoms with E-state index < -0.39 is 9.92 Å². The van der Waals surface area contributed by atoms with Gasteiger partial charge < -0.3 is 9.64 Å². The summed E-state index contributed by atoms with van der Waals surface area (Å²) in [4.78, 5) is 11.2. The number of ether oxygens (including phenoxy) is 1. The van der Waals surface area contributed by atoms with E-state index in [9.17, 15) is 4.21 Å². The Bertz CT molecular complexity index is 973. The summed E-state index contributed by atoms with van der Waals surface area (Å²) in [5, 5.41) is 1.48. The normalized spacial score (nSPS) is 22.3. The first-order chi connectivity index (χ1) is 12.8. The molecule has 2 aliphatic heterocycles. The highest BCUT2D eigenvalue weighted by Gasteiger charge is 2.42. The second kappa shape index (κ2) is 6.76. The Hall–Kier alpha value is -1.64. The lowest BCUT2D eigenvalue weighted by atomic mass is 9.78. The largest absolute Gasteiger partial charge is 0.495 e. The molecule has 1 unspecified atom stereocenters. The maximum absolute atomic E-state index is 12.1. The van der Waals surface area contributed by atoms with Crippen molar-refractivity contribution in [3.8, 4) is 5.75 Å². The van der Waals surface area contributed by atoms with Crippen molar-refractivity contribution in [3.63, 3.8) is 0 Å². The number of rotatable bonds is 3. The molecule has 27 heavy (non-hydrogen) atoms. The van der Waals surface area contributed by atoms with Crippen LogP contribution in [-0.4, -0.2) is 58.0 Å². The second-order valence-electron chi connectivity index (χ2n) is 7.60. The monoisotopic (exact) mass is 409 g/mol. The van der Waals surface area contributed by atoms with Crippen LogP contribution in [0.5, 0.6) is 5.75 Å². The number of anilines is 1. The fourth-order valence-corrected chi connectivity index (χ4v) is 5.45. The Morgan fingerprint density at radius 1 is 1.22 bits per heavy atom. The third-order valence-electron chi connectivity index (χ3n) is 5.91. The molecule has 3 heterocycles. The molecule has 0 amide bonds. The molecule has 2 aliphatic rings. The zero-order chi connectivity index (χ0) is 19.2. The number of benzene rings is 1. The first-order valence-corrected chi connectivity index (χ1v) is 11.3. The Morgan fingerprint density at radius 3 is 2.56 bits per heavy atom. The van der Waals surface area contributed by atoms with E-state index in [4.69, 9.17) is 21.1 Å². The van der Waals surface area contributed by atoms with Crippen molar-refractivity contribution in [2.75, 3.05) is 44.4 Å². The van der Waals surface area contributed by atoms with Gasteiger partial charge in [0, 0.05) is 43.9 Å². The minimum atomic E-state index is -2.61. The molecule has 7 nitrogen and oxygen atoms in total. The van der Waals surface area contributed by atoms with Gasteiger partial charge in [-0.15, -0.1) is 0 Å². The molecule has 1 atom stereocenters. The first kappa shape index (κ1) is 18.7. The molecule has 0 bridgehead atoms. The standard InChI is InChI=1S/C18H24ClN5O2S/c1-26-16-10-15-13(9-14(16)19)17(22-12-21-15)23-6-3-18(4-7-23)5-8-24(11-18)27(2,20)25/h9-10,12,20H,3-8,11H2,1-2H3. The number of halogens is 1. The van der Waals surface area contributed by atoms with E-state index in [-0.39, 0.29) is 5.41 Å². The third-order valence-corrected chi connectivity index (χ3v) is 7.50. The molecule has 146 valence electrons. The lowest BCUT2D eigenvalue weighted by Crippen LogP contribution is -2.42. The maximum Gasteiger partial charge on any atom is 0.139 e. The van der Waals surface area contributed by atoms with Gasteiger partial charge in [0.15, 0.2) is 0 Å². The number of methoxy groups -OCH3 is 1. The van der Waals surface area contributed by atoms with E-state index in [1.54, 1.807) is 13.4 Å². The summed E-state index contributed by atoms with van der Waals surface area (Å²) in [6, 6.07) is 3.72. The molecule has 0 radical (unpaired) electrons. The molecule has 0 aliphatic carbocycles. The van der Waals surface area contributed by atoms with E-state index in [1.807, 2.05) is 16.4 Å². The van der Waals surface area contributed by atoms with Gasteiger partial charge in [0.1, 0.15) is 27.8 Å². The number of nitrogens with zero attached hydrogens (tertiary/aromatic N) is 4. The molecule has 1 spiro atoms. The van der Waals surface area contributed by atoms with Gasteiger partial charge in [-0.1, -0.05) is 11.6 Å². The quantitative estimate of drug-likeness (QED) is 0.841. The number of hydrogen-bond donors (Lipinski definition) is 1. The van der Waals surface area contributed by atoms with E-state index >= 15 is 0 Å². The van der Waals surface area contributed by atoms with Crippen molar-refractivity contribution in [1.82, 2.24) is 14.3 Å². The Balaban J connectivity index is 1.56. The van der Waals surface area contributed by atoms with Gasteiger partial charge >= 0.3 is 0 Å². The molecular weight excluding hydrogens is 386 g/mol. The SMILES string of the molecule is COc1cc2ncnc(N3CCC4(CC3)CCN(S(C)(=N)=O)C4)c2cc1Cl. The van der Waals surface area contributed by atoms with Crippen LogP contribution in [-0.2, 0) is 9.92 Å². The highest BCUT2D eigenvalue weighted by molar-refractivity contribution is 7.89. The molecule has 2 fully saturated rings. The van der Waals surface area contributed by atoms with Crippen molar-refractivity contribution in [3.05, 3.63) is 23.5 Å². The molecular formula is C18H24ClN5O2S. The average molecular weight is 410 g/mol. The van der Waals surface area contributed by atoms with Crippen LogP contribution in [0.25, 0.3) is 10.9 Å². The molecule has 2 aromatic rings. The van der Waals surface area contributed by atoms with Crippen LogP contribution in [0.4, 0.5) is 5.82 Å². The van der Waals surface area contributed by atoms with Gasteiger partial charge in [0.05, 0.1) is 17.6 Å². The van der Waals surface area contributed by atoms with Crippen LogP contribution in [0.15, 0.2) is 18.5 Å². The maximum atomic E-state index is 12.1. The smallest absolute Gasteiger partial charge is 0.139 e. The number of fused-ring (bicyclic) bond motifs is 1. The summed E-state index contributed by atoms with van der Waals surface area (Å²) >= 11 is 6.32. The van der Waals surface area contributed by atoms with E-state index in [2.05, 4.69) is 14.9 Å². The van der Waals surface area contributed by atoms with Gasteiger partial charge in [-0.05, 0) is 30.7 Å². The molecule has 2 saturated heterocycles. The van der Waals surface area contributed by atoms with Gasteiger partial charge in [-0.2, -0.15) is 0 Å². The summed E-state index contributed by atoms with van der Waals surface area (Å²) in [7, 11) is -1.02. The highest BCUT2D eigenvalue weighted by atomic mass is 35.5. The minimum absolute atomic E-state index is 0.167. The molecule has 1 N–H and O–H groups in total. The minimum Gasteiger partial charge on any atom is -0.495 e. The van der Waals surface area contributed by atoms with Crippen molar-refractivity contribution in [2.45, 2.75) is 19.3 Å². The Kier molecular flexibility index (Phi) is 4.68. The number of nitrogens with one attached hydrogen (secondary N) is 1. The van der Waals surface area contributed by atoms with Gasteiger partial charge in [-0.25, -0.2) is 23.3 Å². The van der Waals surface area contributed by atoms with Gasteiger partial charge in [-0.3, -0.25) is 0 Å². The van der Waals surface area contributed by atoms with Crippen molar-refractivity contribution >= 4 is 38.2 Å². The topological polar surface area (TPSA) is 82.4 Å². The number of hydrogen-bond acceptors (Lipinski definition) is 6.